The van der Waals surface area contributed by atoms with Crippen LogP contribution >= 0.6 is 35.7 Å². The van der Waals surface area contributed by atoms with Crippen molar-refractivity contribution in [2.75, 3.05) is 12.0 Å². The average molecular weight is 465 g/mol. The molecule has 11 heteroatoms. The van der Waals surface area contributed by atoms with Crippen LogP contribution in [0.3, 0.4) is 0 Å². The van der Waals surface area contributed by atoms with Crippen LogP contribution in [0.15, 0.2) is 45.7 Å². The van der Waals surface area contributed by atoms with E-state index in [9.17, 15) is 24.8 Å². The number of hydrogen-bond acceptors (Lipinski definition) is 8. The molecule has 1 aliphatic rings. The molecule has 1 aliphatic heterocycles. The Hall–Kier alpha value is -2.63. The molecule has 8 nitrogen and oxygen atoms in total. The Bertz CT molecular complexity index is 1050. The summed E-state index contributed by atoms with van der Waals surface area (Å²) in [5, 5.41) is 20.5. The number of rotatable bonds is 8. The molecule has 1 amide bonds. The van der Waals surface area contributed by atoms with Gasteiger partial charge in [-0.05, 0) is 30.6 Å². The van der Waals surface area contributed by atoms with Crippen LogP contribution in [0.5, 0.6) is 0 Å². The Morgan fingerprint density at radius 2 is 2.20 bits per heavy atom. The predicted octanol–water partition coefficient (Wildman–Crippen LogP) is 4.26. The molecule has 0 spiro atoms. The number of non-ortho nitro benzene ring substituents is 1. The maximum atomic E-state index is 12.8. The van der Waals surface area contributed by atoms with Crippen molar-refractivity contribution in [3.8, 4) is 11.3 Å². The lowest BCUT2D eigenvalue weighted by Crippen LogP contribution is -2.44. The third-order valence-electron chi connectivity index (χ3n) is 4.26. The summed E-state index contributed by atoms with van der Waals surface area (Å²) in [4.78, 5) is 36.3. The fraction of sp³-hybridized carbons (Fsp3) is 0.211. The number of carbonyl (C=O) groups is 2. The molecule has 3 rings (SSSR count). The van der Waals surface area contributed by atoms with Gasteiger partial charge in [-0.2, -0.15) is 11.8 Å². The summed E-state index contributed by atoms with van der Waals surface area (Å²) in [6.07, 6.45) is 3.64. The number of nitrogens with zero attached hydrogens (tertiary/aromatic N) is 2. The Balaban J connectivity index is 1.84. The summed E-state index contributed by atoms with van der Waals surface area (Å²) in [5.74, 6) is -0.242. The maximum Gasteiger partial charge on any atom is 0.326 e. The van der Waals surface area contributed by atoms with Gasteiger partial charge in [-0.15, -0.1) is 0 Å². The second-order valence-corrected chi connectivity index (χ2v) is 8.86. The van der Waals surface area contributed by atoms with Crippen molar-refractivity contribution in [3.63, 3.8) is 0 Å². The van der Waals surface area contributed by atoms with E-state index in [1.54, 1.807) is 24.3 Å². The molecule has 1 aromatic heterocycles. The van der Waals surface area contributed by atoms with Gasteiger partial charge in [-0.25, -0.2) is 4.79 Å². The normalized spacial score (nSPS) is 16.3. The van der Waals surface area contributed by atoms with Gasteiger partial charge in [0.1, 0.15) is 21.9 Å². The van der Waals surface area contributed by atoms with Crippen molar-refractivity contribution in [1.82, 2.24) is 4.90 Å². The Kier molecular flexibility index (Phi) is 6.95. The van der Waals surface area contributed by atoms with E-state index < -0.39 is 22.8 Å². The number of furan rings is 1. The topological polar surface area (TPSA) is 114 Å². The minimum atomic E-state index is -1.10. The molecular formula is C19H16N2O6S3. The number of nitro groups is 1. The molecule has 30 heavy (non-hydrogen) atoms. The monoisotopic (exact) mass is 464 g/mol. The highest BCUT2D eigenvalue weighted by molar-refractivity contribution is 8.26. The van der Waals surface area contributed by atoms with Gasteiger partial charge in [-0.1, -0.05) is 36.1 Å². The highest BCUT2D eigenvalue weighted by Gasteiger charge is 2.40. The summed E-state index contributed by atoms with van der Waals surface area (Å²) in [6, 6.07) is 8.26. The molecule has 1 unspecified atom stereocenters. The SMILES string of the molecule is CSCCC(C(=O)O)N1C(=O)C(=Cc2ccc(-c3cccc([N+](=O)[O-])c3)o2)SC1=S. The summed E-state index contributed by atoms with van der Waals surface area (Å²) >= 11 is 7.75. The van der Waals surface area contributed by atoms with Gasteiger partial charge in [0.25, 0.3) is 11.6 Å². The van der Waals surface area contributed by atoms with Gasteiger partial charge in [0.15, 0.2) is 0 Å². The van der Waals surface area contributed by atoms with Crippen LogP contribution in [0.2, 0.25) is 0 Å². The van der Waals surface area contributed by atoms with Gasteiger partial charge in [-0.3, -0.25) is 19.8 Å². The molecule has 0 saturated carbocycles. The van der Waals surface area contributed by atoms with Gasteiger partial charge in [0, 0.05) is 23.8 Å². The molecule has 156 valence electrons. The number of carboxylic acid groups (broad SMARTS) is 1. The van der Waals surface area contributed by atoms with Crippen LogP contribution in [0.25, 0.3) is 17.4 Å². The maximum absolute atomic E-state index is 12.8. The summed E-state index contributed by atoms with van der Waals surface area (Å²) in [7, 11) is 0. The van der Waals surface area contributed by atoms with Crippen LogP contribution in [0.1, 0.15) is 12.2 Å². The Labute approximate surface area is 185 Å². The van der Waals surface area contributed by atoms with Crippen molar-refractivity contribution >= 4 is 63.7 Å². The fourth-order valence-corrected chi connectivity index (χ4v) is 4.62. The molecule has 1 fully saturated rings. The van der Waals surface area contributed by atoms with E-state index in [2.05, 4.69) is 0 Å². The third kappa shape index (κ3) is 4.74. The van der Waals surface area contributed by atoms with Crippen molar-refractivity contribution in [2.24, 2.45) is 0 Å². The Morgan fingerprint density at radius 3 is 2.87 bits per heavy atom. The fourth-order valence-electron chi connectivity index (χ4n) is 2.83. The molecule has 2 heterocycles. The van der Waals surface area contributed by atoms with Gasteiger partial charge < -0.3 is 9.52 Å². The highest BCUT2D eigenvalue weighted by atomic mass is 32.2. The van der Waals surface area contributed by atoms with Crippen molar-refractivity contribution < 1.29 is 24.0 Å². The number of hydrogen-bond donors (Lipinski definition) is 1. The largest absolute Gasteiger partial charge is 0.480 e. The van der Waals surface area contributed by atoms with E-state index >= 15 is 0 Å². The first-order chi connectivity index (χ1) is 14.3. The van der Waals surface area contributed by atoms with Gasteiger partial charge in [0.2, 0.25) is 0 Å². The van der Waals surface area contributed by atoms with Crippen molar-refractivity contribution in [1.29, 1.82) is 0 Å². The summed E-state index contributed by atoms with van der Waals surface area (Å²) in [5.41, 5.74) is 0.468. The minimum absolute atomic E-state index is 0.0590. The predicted molar refractivity (Wildman–Crippen MR) is 120 cm³/mol. The lowest BCUT2D eigenvalue weighted by molar-refractivity contribution is -0.384. The molecule has 0 aliphatic carbocycles. The number of benzene rings is 1. The second-order valence-electron chi connectivity index (χ2n) is 6.20. The molecule has 0 radical (unpaired) electrons. The first-order valence-electron chi connectivity index (χ1n) is 8.65. The minimum Gasteiger partial charge on any atom is -0.480 e. The number of thiocarbonyl (C=S) groups is 1. The van der Waals surface area contributed by atoms with Gasteiger partial charge in [0.05, 0.1) is 9.83 Å². The van der Waals surface area contributed by atoms with E-state index in [1.165, 1.54) is 30.0 Å². The van der Waals surface area contributed by atoms with Crippen molar-refractivity contribution in [3.05, 3.63) is 57.2 Å². The van der Waals surface area contributed by atoms with Crippen LogP contribution < -0.4 is 0 Å². The zero-order valence-electron chi connectivity index (χ0n) is 15.6. The first-order valence-corrected chi connectivity index (χ1v) is 11.3. The zero-order valence-corrected chi connectivity index (χ0v) is 18.1. The summed E-state index contributed by atoms with van der Waals surface area (Å²) in [6.45, 7) is 0. The lowest BCUT2D eigenvalue weighted by atomic mass is 10.1. The molecule has 1 saturated heterocycles. The number of amides is 1. The quantitative estimate of drug-likeness (QED) is 0.265. The van der Waals surface area contributed by atoms with E-state index in [4.69, 9.17) is 16.6 Å². The zero-order chi connectivity index (χ0) is 21.8. The molecule has 1 N–H and O–H groups in total. The lowest BCUT2D eigenvalue weighted by Gasteiger charge is -2.22. The molecule has 0 bridgehead atoms. The number of nitro benzene ring substituents is 1. The molecule has 2 aromatic rings. The van der Waals surface area contributed by atoms with Crippen molar-refractivity contribution in [2.45, 2.75) is 12.5 Å². The van der Waals surface area contributed by atoms with Crippen LogP contribution in [0, 0.1) is 10.1 Å². The highest BCUT2D eigenvalue weighted by Crippen LogP contribution is 2.36. The van der Waals surface area contributed by atoms with Crippen LogP contribution in [0.4, 0.5) is 5.69 Å². The smallest absolute Gasteiger partial charge is 0.326 e. The molecular weight excluding hydrogens is 448 g/mol. The third-order valence-corrected chi connectivity index (χ3v) is 6.23. The number of carbonyl (C=O) groups excluding carboxylic acids is 1. The standard InChI is InChI=1S/C19H16N2O6S3/c1-29-8-7-14(18(23)24)20-17(22)16(30-19(20)28)10-13-5-6-15(27-13)11-3-2-4-12(9-11)21(25)26/h2-6,9-10,14H,7-8H2,1H3,(H,23,24). The van der Waals surface area contributed by atoms with E-state index in [0.717, 1.165) is 16.7 Å². The Morgan fingerprint density at radius 1 is 1.43 bits per heavy atom. The molecule has 1 atom stereocenters. The van der Waals surface area contributed by atoms with E-state index in [1.807, 2.05) is 6.26 Å². The molecule has 1 aromatic carbocycles. The number of aliphatic carboxylic acids is 1. The van der Waals surface area contributed by atoms with Crippen LogP contribution in [-0.4, -0.2) is 49.2 Å². The average Bonchev–Trinajstić information content (AvgIpc) is 3.28. The van der Waals surface area contributed by atoms with E-state index in [-0.39, 0.29) is 21.3 Å². The number of carboxylic acids is 1. The summed E-state index contributed by atoms with van der Waals surface area (Å²) < 4.78 is 5.90. The van der Waals surface area contributed by atoms with Crippen LogP contribution in [-0.2, 0) is 9.59 Å². The van der Waals surface area contributed by atoms with Gasteiger partial charge >= 0.3 is 5.97 Å². The van der Waals surface area contributed by atoms with E-state index in [0.29, 0.717) is 22.8 Å². The number of thioether (sulfide) groups is 2. The first kappa shape index (κ1) is 22.1. The second kappa shape index (κ2) is 9.45.